The second kappa shape index (κ2) is 6.09. The smallest absolute Gasteiger partial charge is 0.147 e. The third-order valence-corrected chi connectivity index (χ3v) is 5.50. The molecule has 0 amide bonds. The van der Waals surface area contributed by atoms with E-state index in [-0.39, 0.29) is 18.1 Å². The third kappa shape index (κ3) is 2.45. The number of hydrogen-bond donors (Lipinski definition) is 1. The number of aromatic nitrogens is 3. The van der Waals surface area contributed by atoms with E-state index >= 15 is 0 Å². The molecule has 0 saturated carbocycles. The second-order valence-electron chi connectivity index (χ2n) is 7.05. The minimum Gasteiger partial charge on any atom is -0.371 e. The SMILES string of the molecule is Cc1cccn2nc([C@H]3C4N=CNC4CCN3c3ncccc3C#N)cc12. The van der Waals surface area contributed by atoms with Crippen molar-refractivity contribution in [3.8, 4) is 6.07 Å². The summed E-state index contributed by atoms with van der Waals surface area (Å²) in [5.74, 6) is 0.708. The van der Waals surface area contributed by atoms with Crippen LogP contribution < -0.4 is 10.2 Å². The van der Waals surface area contributed by atoms with Crippen molar-refractivity contribution in [2.45, 2.75) is 31.5 Å². The topological polar surface area (TPSA) is 81.6 Å². The first-order chi connectivity index (χ1) is 13.3. The van der Waals surface area contributed by atoms with Crippen LogP contribution in [0.2, 0.25) is 0 Å². The zero-order chi connectivity index (χ0) is 18.4. The average Bonchev–Trinajstić information content (AvgIpc) is 3.34. The van der Waals surface area contributed by atoms with Crippen molar-refractivity contribution in [1.82, 2.24) is 19.9 Å². The predicted octanol–water partition coefficient (Wildman–Crippen LogP) is 2.23. The first-order valence-electron chi connectivity index (χ1n) is 9.10. The van der Waals surface area contributed by atoms with Gasteiger partial charge in [-0.05, 0) is 43.2 Å². The summed E-state index contributed by atoms with van der Waals surface area (Å²) in [6.07, 6.45) is 6.45. The molecule has 2 unspecified atom stereocenters. The fraction of sp³-hybridized carbons (Fsp3) is 0.300. The number of piperidine rings is 1. The molecule has 7 heteroatoms. The lowest BCUT2D eigenvalue weighted by molar-refractivity contribution is 0.356. The molecule has 5 rings (SSSR count). The van der Waals surface area contributed by atoms with Gasteiger partial charge in [0.15, 0.2) is 0 Å². The Hall–Kier alpha value is -3.40. The largest absolute Gasteiger partial charge is 0.371 e. The lowest BCUT2D eigenvalue weighted by Gasteiger charge is -2.41. The molecule has 134 valence electrons. The van der Waals surface area contributed by atoms with Crippen molar-refractivity contribution < 1.29 is 0 Å². The molecule has 1 N–H and O–H groups in total. The molecule has 27 heavy (non-hydrogen) atoms. The Labute approximate surface area is 157 Å². The number of aliphatic imine (C=N–C) groups is 1. The van der Waals surface area contributed by atoms with E-state index in [0.717, 1.165) is 24.2 Å². The van der Waals surface area contributed by atoms with Gasteiger partial charge < -0.3 is 10.2 Å². The van der Waals surface area contributed by atoms with E-state index < -0.39 is 0 Å². The summed E-state index contributed by atoms with van der Waals surface area (Å²) < 4.78 is 1.92. The Morgan fingerprint density at radius 1 is 1.30 bits per heavy atom. The van der Waals surface area contributed by atoms with E-state index in [0.29, 0.717) is 11.4 Å². The first kappa shape index (κ1) is 15.8. The standard InChI is InChI=1S/C20H19N7/c1-13-4-3-8-27-17(13)10-16(25-27)19-18-15(23-12-24-18)6-9-26(19)20-14(11-21)5-2-7-22-20/h2-5,7-8,10,12,15,18-19H,6,9H2,1H3,(H,23,24)/t15?,18?,19-/m0/s1. The maximum absolute atomic E-state index is 9.57. The van der Waals surface area contributed by atoms with Gasteiger partial charge in [0.2, 0.25) is 0 Å². The van der Waals surface area contributed by atoms with Gasteiger partial charge in [-0.1, -0.05) is 6.07 Å². The number of anilines is 1. The van der Waals surface area contributed by atoms with Crippen molar-refractivity contribution in [3.63, 3.8) is 0 Å². The lowest BCUT2D eigenvalue weighted by atomic mass is 9.90. The van der Waals surface area contributed by atoms with E-state index in [1.165, 1.54) is 5.56 Å². The molecular formula is C20H19N7. The highest BCUT2D eigenvalue weighted by atomic mass is 15.3. The van der Waals surface area contributed by atoms with Crippen LogP contribution in [-0.2, 0) is 0 Å². The number of nitrogens with one attached hydrogen (secondary N) is 1. The Bertz CT molecular complexity index is 1080. The molecule has 1 fully saturated rings. The quantitative estimate of drug-likeness (QED) is 0.761. The highest BCUT2D eigenvalue weighted by Gasteiger charge is 2.43. The summed E-state index contributed by atoms with van der Waals surface area (Å²) >= 11 is 0. The van der Waals surface area contributed by atoms with E-state index in [1.54, 1.807) is 18.6 Å². The maximum Gasteiger partial charge on any atom is 0.147 e. The van der Waals surface area contributed by atoms with Crippen molar-refractivity contribution in [2.75, 3.05) is 11.4 Å². The van der Waals surface area contributed by atoms with Crippen molar-refractivity contribution in [1.29, 1.82) is 5.26 Å². The highest BCUT2D eigenvalue weighted by Crippen LogP contribution is 2.38. The predicted molar refractivity (Wildman–Crippen MR) is 103 cm³/mol. The monoisotopic (exact) mass is 357 g/mol. The first-order valence-corrected chi connectivity index (χ1v) is 9.10. The summed E-state index contributed by atoms with van der Waals surface area (Å²) in [5, 5.41) is 17.8. The summed E-state index contributed by atoms with van der Waals surface area (Å²) in [5.41, 5.74) is 3.80. The number of fused-ring (bicyclic) bond motifs is 2. The number of rotatable bonds is 2. The molecule has 7 nitrogen and oxygen atoms in total. The van der Waals surface area contributed by atoms with Crippen molar-refractivity contribution in [2.24, 2.45) is 4.99 Å². The molecule has 2 aliphatic rings. The van der Waals surface area contributed by atoms with Gasteiger partial charge in [-0.3, -0.25) is 4.99 Å². The summed E-state index contributed by atoms with van der Waals surface area (Å²) in [6, 6.07) is 12.4. The van der Waals surface area contributed by atoms with E-state index in [2.05, 4.69) is 40.3 Å². The number of aryl methyl sites for hydroxylation is 1. The minimum absolute atomic E-state index is 0.0394. The Balaban J connectivity index is 1.67. The van der Waals surface area contributed by atoms with Crippen molar-refractivity contribution in [3.05, 3.63) is 59.5 Å². The number of nitrogens with zero attached hydrogens (tertiary/aromatic N) is 6. The van der Waals surface area contributed by atoms with Gasteiger partial charge in [-0.25, -0.2) is 9.50 Å². The molecule has 1 saturated heterocycles. The van der Waals surface area contributed by atoms with Crippen LogP contribution in [0.5, 0.6) is 0 Å². The van der Waals surface area contributed by atoms with Crippen LogP contribution in [0.3, 0.4) is 0 Å². The number of nitriles is 1. The Kier molecular flexibility index (Phi) is 3.57. The maximum atomic E-state index is 9.57. The summed E-state index contributed by atoms with van der Waals surface area (Å²) in [4.78, 5) is 11.4. The fourth-order valence-electron chi connectivity index (χ4n) is 4.19. The number of pyridine rings is 2. The Morgan fingerprint density at radius 2 is 2.22 bits per heavy atom. The van der Waals surface area contributed by atoms with Crippen LogP contribution in [0.1, 0.15) is 29.3 Å². The normalized spacial score (nSPS) is 23.9. The van der Waals surface area contributed by atoms with Gasteiger partial charge in [-0.2, -0.15) is 10.4 Å². The molecule has 5 heterocycles. The molecule has 3 atom stereocenters. The van der Waals surface area contributed by atoms with Crippen LogP contribution in [0, 0.1) is 18.3 Å². The lowest BCUT2D eigenvalue weighted by Crippen LogP contribution is -2.51. The van der Waals surface area contributed by atoms with Gasteiger partial charge in [-0.15, -0.1) is 0 Å². The van der Waals surface area contributed by atoms with Gasteiger partial charge in [0.1, 0.15) is 11.9 Å². The van der Waals surface area contributed by atoms with Gasteiger partial charge in [0.05, 0.1) is 41.2 Å². The van der Waals surface area contributed by atoms with Crippen LogP contribution >= 0.6 is 0 Å². The zero-order valence-corrected chi connectivity index (χ0v) is 14.9. The van der Waals surface area contributed by atoms with E-state index in [4.69, 9.17) is 10.1 Å². The van der Waals surface area contributed by atoms with Crippen LogP contribution in [0.15, 0.2) is 47.7 Å². The minimum atomic E-state index is -0.0729. The van der Waals surface area contributed by atoms with Gasteiger partial charge >= 0.3 is 0 Å². The molecule has 2 aliphatic heterocycles. The average molecular weight is 357 g/mol. The fourth-order valence-corrected chi connectivity index (χ4v) is 4.19. The third-order valence-electron chi connectivity index (χ3n) is 5.50. The second-order valence-corrected chi connectivity index (χ2v) is 7.05. The highest BCUT2D eigenvalue weighted by molar-refractivity contribution is 5.63. The molecule has 0 spiro atoms. The molecule has 0 bridgehead atoms. The Morgan fingerprint density at radius 3 is 3.07 bits per heavy atom. The van der Waals surface area contributed by atoms with Crippen LogP contribution in [0.4, 0.5) is 5.82 Å². The van der Waals surface area contributed by atoms with Crippen molar-refractivity contribution >= 4 is 17.7 Å². The number of hydrogen-bond acceptors (Lipinski definition) is 6. The molecule has 3 aromatic rings. The van der Waals surface area contributed by atoms with E-state index in [1.807, 2.05) is 22.8 Å². The molecule has 0 radical (unpaired) electrons. The van der Waals surface area contributed by atoms with E-state index in [9.17, 15) is 5.26 Å². The molecule has 0 aromatic carbocycles. The summed E-state index contributed by atoms with van der Waals surface area (Å²) in [7, 11) is 0. The summed E-state index contributed by atoms with van der Waals surface area (Å²) in [6.45, 7) is 2.88. The van der Waals surface area contributed by atoms with Gasteiger partial charge in [0.25, 0.3) is 0 Å². The van der Waals surface area contributed by atoms with Crippen LogP contribution in [-0.4, -0.2) is 39.6 Å². The molecule has 0 aliphatic carbocycles. The zero-order valence-electron chi connectivity index (χ0n) is 14.9. The molecular weight excluding hydrogens is 338 g/mol. The van der Waals surface area contributed by atoms with Gasteiger partial charge in [0, 0.05) is 18.9 Å². The molecule has 3 aromatic heterocycles. The van der Waals surface area contributed by atoms with Crippen LogP contribution in [0.25, 0.3) is 5.52 Å².